The van der Waals surface area contributed by atoms with Crippen molar-refractivity contribution in [1.82, 2.24) is 5.32 Å². The summed E-state index contributed by atoms with van der Waals surface area (Å²) < 4.78 is 23.4. The highest BCUT2D eigenvalue weighted by Crippen LogP contribution is 2.31. The summed E-state index contributed by atoms with van der Waals surface area (Å²) in [5, 5.41) is 3.67. The molecule has 0 aromatic rings. The number of rotatable bonds is 3. The Labute approximate surface area is 112 Å². The molecule has 1 saturated carbocycles. The van der Waals surface area contributed by atoms with E-state index in [0.29, 0.717) is 23.5 Å². The van der Waals surface area contributed by atoms with Crippen LogP contribution in [-0.4, -0.2) is 32.0 Å². The van der Waals surface area contributed by atoms with Gasteiger partial charge in [0.2, 0.25) is 0 Å². The molecule has 0 bridgehead atoms. The molecule has 2 aliphatic rings. The van der Waals surface area contributed by atoms with E-state index < -0.39 is 9.84 Å². The first-order chi connectivity index (χ1) is 8.48. The van der Waals surface area contributed by atoms with Crippen LogP contribution in [-0.2, 0) is 9.84 Å². The predicted octanol–water partition coefficient (Wildman–Crippen LogP) is 2.37. The molecule has 0 radical (unpaired) electrons. The van der Waals surface area contributed by atoms with Crippen molar-refractivity contribution in [2.75, 3.05) is 11.5 Å². The zero-order chi connectivity index (χ0) is 13.2. The Balaban J connectivity index is 1.94. The van der Waals surface area contributed by atoms with Gasteiger partial charge in [0.25, 0.3) is 0 Å². The number of sulfone groups is 1. The molecule has 106 valence electrons. The second-order valence-electron chi connectivity index (χ2n) is 6.42. The number of hydrogen-bond donors (Lipinski definition) is 1. The van der Waals surface area contributed by atoms with Gasteiger partial charge in [-0.25, -0.2) is 8.42 Å². The Kier molecular flexibility index (Phi) is 4.70. The summed E-state index contributed by atoms with van der Waals surface area (Å²) in [6.45, 7) is 4.59. The lowest BCUT2D eigenvalue weighted by molar-refractivity contribution is 0.192. The Morgan fingerprint density at radius 1 is 1.06 bits per heavy atom. The van der Waals surface area contributed by atoms with Gasteiger partial charge < -0.3 is 5.32 Å². The van der Waals surface area contributed by atoms with E-state index in [2.05, 4.69) is 19.2 Å². The van der Waals surface area contributed by atoms with Gasteiger partial charge in [-0.2, -0.15) is 0 Å². The Morgan fingerprint density at radius 2 is 1.78 bits per heavy atom. The monoisotopic (exact) mass is 273 g/mol. The van der Waals surface area contributed by atoms with Gasteiger partial charge in [-0.15, -0.1) is 0 Å². The standard InChI is InChI=1S/C14H27NO2S/c1-11(2)13-7-3-4-8-14(13)15-12-6-5-9-18(16,17)10-12/h11-15H,3-10H2,1-2H3. The van der Waals surface area contributed by atoms with Crippen molar-refractivity contribution in [3.8, 4) is 0 Å². The summed E-state index contributed by atoms with van der Waals surface area (Å²) in [6.07, 6.45) is 7.01. The molecule has 4 heteroatoms. The van der Waals surface area contributed by atoms with Crippen molar-refractivity contribution in [3.63, 3.8) is 0 Å². The highest BCUT2D eigenvalue weighted by Gasteiger charge is 2.32. The summed E-state index contributed by atoms with van der Waals surface area (Å²) in [6, 6.07) is 0.741. The summed E-state index contributed by atoms with van der Waals surface area (Å²) in [5.74, 6) is 2.17. The highest BCUT2D eigenvalue weighted by atomic mass is 32.2. The zero-order valence-corrected chi connectivity index (χ0v) is 12.5. The SMILES string of the molecule is CC(C)C1CCCCC1NC1CCCS(=O)(=O)C1. The fourth-order valence-electron chi connectivity index (χ4n) is 3.62. The third kappa shape index (κ3) is 3.70. The fourth-order valence-corrected chi connectivity index (χ4v) is 5.27. The van der Waals surface area contributed by atoms with E-state index in [1.54, 1.807) is 0 Å². The van der Waals surface area contributed by atoms with Gasteiger partial charge in [0.15, 0.2) is 9.84 Å². The van der Waals surface area contributed by atoms with Crippen molar-refractivity contribution in [3.05, 3.63) is 0 Å². The van der Waals surface area contributed by atoms with Crippen molar-refractivity contribution in [2.45, 2.75) is 64.5 Å². The van der Waals surface area contributed by atoms with Crippen molar-refractivity contribution < 1.29 is 8.42 Å². The maximum absolute atomic E-state index is 11.7. The molecular weight excluding hydrogens is 246 g/mol. The van der Waals surface area contributed by atoms with Gasteiger partial charge in [-0.3, -0.25) is 0 Å². The minimum absolute atomic E-state index is 0.202. The van der Waals surface area contributed by atoms with Crippen LogP contribution in [0.1, 0.15) is 52.4 Å². The normalized spacial score (nSPS) is 36.7. The molecule has 1 aliphatic carbocycles. The maximum Gasteiger partial charge on any atom is 0.151 e. The molecule has 1 heterocycles. The molecule has 1 aliphatic heterocycles. The minimum atomic E-state index is -2.78. The molecule has 0 aromatic carbocycles. The minimum Gasteiger partial charge on any atom is -0.310 e. The van der Waals surface area contributed by atoms with Gasteiger partial charge >= 0.3 is 0 Å². The van der Waals surface area contributed by atoms with Crippen LogP contribution in [0, 0.1) is 11.8 Å². The number of nitrogens with one attached hydrogen (secondary N) is 1. The van der Waals surface area contributed by atoms with Crippen LogP contribution in [0.25, 0.3) is 0 Å². The first kappa shape index (κ1) is 14.3. The second-order valence-corrected chi connectivity index (χ2v) is 8.65. The van der Waals surface area contributed by atoms with Gasteiger partial charge in [0, 0.05) is 12.1 Å². The van der Waals surface area contributed by atoms with Crippen LogP contribution in [0.2, 0.25) is 0 Å². The van der Waals surface area contributed by atoms with E-state index in [4.69, 9.17) is 0 Å². The molecule has 1 N–H and O–H groups in total. The van der Waals surface area contributed by atoms with Crippen molar-refractivity contribution >= 4 is 9.84 Å². The van der Waals surface area contributed by atoms with E-state index in [-0.39, 0.29) is 6.04 Å². The van der Waals surface area contributed by atoms with E-state index >= 15 is 0 Å². The van der Waals surface area contributed by atoms with Crippen molar-refractivity contribution in [1.29, 1.82) is 0 Å². The summed E-state index contributed by atoms with van der Waals surface area (Å²) in [5.41, 5.74) is 0. The average Bonchev–Trinajstić information content (AvgIpc) is 2.28. The van der Waals surface area contributed by atoms with Crippen LogP contribution >= 0.6 is 0 Å². The third-order valence-electron chi connectivity index (χ3n) is 4.59. The predicted molar refractivity (Wildman–Crippen MR) is 75.4 cm³/mol. The number of hydrogen-bond acceptors (Lipinski definition) is 3. The zero-order valence-electron chi connectivity index (χ0n) is 11.7. The molecule has 0 amide bonds. The smallest absolute Gasteiger partial charge is 0.151 e. The van der Waals surface area contributed by atoms with Gasteiger partial charge in [-0.05, 0) is 37.5 Å². The lowest BCUT2D eigenvalue weighted by Gasteiger charge is -2.38. The largest absolute Gasteiger partial charge is 0.310 e. The molecule has 0 aromatic heterocycles. The first-order valence-corrected chi connectivity index (χ1v) is 9.26. The molecular formula is C14H27NO2S. The average molecular weight is 273 g/mol. The second kappa shape index (κ2) is 5.91. The molecule has 3 atom stereocenters. The summed E-state index contributed by atoms with van der Waals surface area (Å²) >= 11 is 0. The van der Waals surface area contributed by atoms with Gasteiger partial charge in [0.1, 0.15) is 0 Å². The van der Waals surface area contributed by atoms with Gasteiger partial charge in [-0.1, -0.05) is 26.7 Å². The molecule has 3 nitrogen and oxygen atoms in total. The van der Waals surface area contributed by atoms with Crippen LogP contribution in [0.5, 0.6) is 0 Å². The summed E-state index contributed by atoms with van der Waals surface area (Å²) in [7, 11) is -2.78. The van der Waals surface area contributed by atoms with Crippen LogP contribution in [0.15, 0.2) is 0 Å². The maximum atomic E-state index is 11.7. The highest BCUT2D eigenvalue weighted by molar-refractivity contribution is 7.91. The van der Waals surface area contributed by atoms with Crippen LogP contribution in [0.3, 0.4) is 0 Å². The van der Waals surface area contributed by atoms with E-state index in [1.807, 2.05) is 0 Å². The van der Waals surface area contributed by atoms with Gasteiger partial charge in [0.05, 0.1) is 11.5 Å². The van der Waals surface area contributed by atoms with Crippen molar-refractivity contribution in [2.24, 2.45) is 11.8 Å². The molecule has 0 spiro atoms. The third-order valence-corrected chi connectivity index (χ3v) is 6.41. The molecule has 18 heavy (non-hydrogen) atoms. The van der Waals surface area contributed by atoms with E-state index in [1.165, 1.54) is 25.7 Å². The molecule has 2 rings (SSSR count). The molecule has 2 fully saturated rings. The van der Waals surface area contributed by atoms with E-state index in [0.717, 1.165) is 18.8 Å². The lowest BCUT2D eigenvalue weighted by atomic mass is 9.77. The van der Waals surface area contributed by atoms with Crippen LogP contribution < -0.4 is 5.32 Å². The topological polar surface area (TPSA) is 46.2 Å². The Hall–Kier alpha value is -0.0900. The first-order valence-electron chi connectivity index (χ1n) is 7.44. The lowest BCUT2D eigenvalue weighted by Crippen LogP contribution is -2.50. The Bertz CT molecular complexity index is 364. The quantitative estimate of drug-likeness (QED) is 0.858. The summed E-state index contributed by atoms with van der Waals surface area (Å²) in [4.78, 5) is 0. The fraction of sp³-hybridized carbons (Fsp3) is 1.00. The molecule has 3 unspecified atom stereocenters. The Morgan fingerprint density at radius 3 is 2.44 bits per heavy atom. The van der Waals surface area contributed by atoms with E-state index in [9.17, 15) is 8.42 Å². The molecule has 1 saturated heterocycles. The van der Waals surface area contributed by atoms with Crippen LogP contribution in [0.4, 0.5) is 0 Å².